The Kier molecular flexibility index (Phi) is 3.57. The monoisotopic (exact) mass is 242 g/mol. The number of benzene rings is 1. The normalized spacial score (nSPS) is 10.2. The van der Waals surface area contributed by atoms with Crippen LogP contribution < -0.4 is 5.32 Å². The third kappa shape index (κ3) is 2.32. The van der Waals surface area contributed by atoms with Crippen molar-refractivity contribution in [3.8, 4) is 0 Å². The van der Waals surface area contributed by atoms with Crippen LogP contribution in [-0.4, -0.2) is 23.3 Å². The van der Waals surface area contributed by atoms with Crippen molar-refractivity contribution in [2.24, 2.45) is 0 Å². The van der Waals surface area contributed by atoms with Crippen LogP contribution in [0.3, 0.4) is 0 Å². The average molecular weight is 242 g/mol. The van der Waals surface area contributed by atoms with Crippen molar-refractivity contribution in [2.45, 2.75) is 6.54 Å². The molecule has 0 aliphatic heterocycles. The standard InChI is InChI=1S/C14H14N2O2/c1-2-7-15-14(18)9-16-8-6-12-11(10-17)4-3-5-13(12)16/h2-6,8,10H,1,7,9H2,(H,15,18). The molecule has 2 aromatic rings. The second kappa shape index (κ2) is 5.31. The van der Waals surface area contributed by atoms with Gasteiger partial charge in [-0.2, -0.15) is 0 Å². The maximum atomic E-state index is 11.6. The zero-order chi connectivity index (χ0) is 13.0. The SMILES string of the molecule is C=CCNC(=O)Cn1ccc2c(C=O)cccc21. The molecule has 0 fully saturated rings. The molecule has 92 valence electrons. The van der Waals surface area contributed by atoms with Crippen LogP contribution in [0.4, 0.5) is 0 Å². The summed E-state index contributed by atoms with van der Waals surface area (Å²) in [5, 5.41) is 3.58. The van der Waals surface area contributed by atoms with Crippen LogP contribution in [0.25, 0.3) is 10.9 Å². The van der Waals surface area contributed by atoms with Gasteiger partial charge in [-0.1, -0.05) is 18.2 Å². The molecule has 0 bridgehead atoms. The first-order valence-corrected chi connectivity index (χ1v) is 5.67. The molecule has 0 aliphatic rings. The van der Waals surface area contributed by atoms with Gasteiger partial charge in [0.25, 0.3) is 0 Å². The lowest BCUT2D eigenvalue weighted by Crippen LogP contribution is -2.27. The number of nitrogens with one attached hydrogen (secondary N) is 1. The van der Waals surface area contributed by atoms with E-state index in [9.17, 15) is 9.59 Å². The Morgan fingerprint density at radius 2 is 2.22 bits per heavy atom. The highest BCUT2D eigenvalue weighted by atomic mass is 16.1. The fraction of sp³-hybridized carbons (Fsp3) is 0.143. The number of nitrogens with zero attached hydrogens (tertiary/aromatic N) is 1. The fourth-order valence-corrected chi connectivity index (χ4v) is 1.88. The minimum absolute atomic E-state index is 0.0797. The van der Waals surface area contributed by atoms with E-state index in [1.807, 2.05) is 29.0 Å². The predicted molar refractivity (Wildman–Crippen MR) is 70.5 cm³/mol. The molecule has 1 aromatic carbocycles. The third-order valence-corrected chi connectivity index (χ3v) is 2.73. The van der Waals surface area contributed by atoms with Crippen molar-refractivity contribution in [1.82, 2.24) is 9.88 Å². The minimum atomic E-state index is -0.0797. The smallest absolute Gasteiger partial charge is 0.240 e. The molecular formula is C14H14N2O2. The minimum Gasteiger partial charge on any atom is -0.351 e. The summed E-state index contributed by atoms with van der Waals surface area (Å²) in [4.78, 5) is 22.5. The number of rotatable bonds is 5. The Balaban J connectivity index is 2.27. The predicted octanol–water partition coefficient (Wildman–Crippen LogP) is 1.76. The lowest BCUT2D eigenvalue weighted by atomic mass is 10.1. The Hall–Kier alpha value is -2.36. The summed E-state index contributed by atoms with van der Waals surface area (Å²) in [6.45, 7) is 4.23. The van der Waals surface area contributed by atoms with E-state index in [1.54, 1.807) is 12.1 Å². The van der Waals surface area contributed by atoms with E-state index in [0.29, 0.717) is 12.1 Å². The molecule has 1 N–H and O–H groups in total. The first-order chi connectivity index (χ1) is 8.76. The molecule has 0 unspecified atom stereocenters. The largest absolute Gasteiger partial charge is 0.351 e. The molecule has 0 saturated heterocycles. The topological polar surface area (TPSA) is 51.1 Å². The van der Waals surface area contributed by atoms with Crippen LogP contribution in [0.2, 0.25) is 0 Å². The van der Waals surface area contributed by atoms with E-state index in [-0.39, 0.29) is 12.5 Å². The molecule has 1 amide bonds. The fourth-order valence-electron chi connectivity index (χ4n) is 1.88. The number of hydrogen-bond donors (Lipinski definition) is 1. The van der Waals surface area contributed by atoms with Crippen molar-refractivity contribution in [3.05, 3.63) is 48.7 Å². The number of carbonyl (C=O) groups is 2. The number of hydrogen-bond acceptors (Lipinski definition) is 2. The lowest BCUT2D eigenvalue weighted by Gasteiger charge is -2.05. The van der Waals surface area contributed by atoms with Crippen molar-refractivity contribution < 1.29 is 9.59 Å². The van der Waals surface area contributed by atoms with E-state index < -0.39 is 0 Å². The molecule has 4 heteroatoms. The number of fused-ring (bicyclic) bond motifs is 1. The second-order valence-corrected chi connectivity index (χ2v) is 3.93. The lowest BCUT2D eigenvalue weighted by molar-refractivity contribution is -0.121. The molecule has 2 rings (SSSR count). The molecule has 18 heavy (non-hydrogen) atoms. The summed E-state index contributed by atoms with van der Waals surface area (Å²) in [5.41, 5.74) is 1.52. The summed E-state index contributed by atoms with van der Waals surface area (Å²) in [5.74, 6) is -0.0797. The molecule has 1 heterocycles. The highest BCUT2D eigenvalue weighted by Gasteiger charge is 2.07. The summed E-state index contributed by atoms with van der Waals surface area (Å²) < 4.78 is 1.82. The van der Waals surface area contributed by atoms with Crippen LogP contribution in [0.5, 0.6) is 0 Å². The van der Waals surface area contributed by atoms with Crippen molar-refractivity contribution in [2.75, 3.05) is 6.54 Å². The average Bonchev–Trinajstić information content (AvgIpc) is 2.79. The van der Waals surface area contributed by atoms with Gasteiger partial charge in [0.05, 0.1) is 0 Å². The van der Waals surface area contributed by atoms with Gasteiger partial charge in [0.2, 0.25) is 5.91 Å². The summed E-state index contributed by atoms with van der Waals surface area (Å²) in [6.07, 6.45) is 4.27. The van der Waals surface area contributed by atoms with Crippen LogP contribution >= 0.6 is 0 Å². The Morgan fingerprint density at radius 1 is 1.39 bits per heavy atom. The highest BCUT2D eigenvalue weighted by Crippen LogP contribution is 2.18. The quantitative estimate of drug-likeness (QED) is 0.641. The van der Waals surface area contributed by atoms with E-state index in [4.69, 9.17) is 0 Å². The first kappa shape index (κ1) is 12.1. The number of amides is 1. The van der Waals surface area contributed by atoms with Gasteiger partial charge in [0, 0.05) is 29.2 Å². The molecule has 0 aliphatic carbocycles. The van der Waals surface area contributed by atoms with Crippen LogP contribution in [0.1, 0.15) is 10.4 Å². The molecule has 4 nitrogen and oxygen atoms in total. The Morgan fingerprint density at radius 3 is 2.94 bits per heavy atom. The van der Waals surface area contributed by atoms with Gasteiger partial charge in [0.15, 0.2) is 6.29 Å². The maximum Gasteiger partial charge on any atom is 0.240 e. The summed E-state index contributed by atoms with van der Waals surface area (Å²) >= 11 is 0. The van der Waals surface area contributed by atoms with Gasteiger partial charge in [-0.05, 0) is 12.1 Å². The van der Waals surface area contributed by atoms with E-state index in [0.717, 1.165) is 17.2 Å². The van der Waals surface area contributed by atoms with Gasteiger partial charge < -0.3 is 9.88 Å². The van der Waals surface area contributed by atoms with E-state index in [1.165, 1.54) is 0 Å². The summed E-state index contributed by atoms with van der Waals surface area (Å²) in [6, 6.07) is 7.31. The molecule has 0 spiro atoms. The first-order valence-electron chi connectivity index (χ1n) is 5.67. The third-order valence-electron chi connectivity index (χ3n) is 2.73. The molecule has 0 atom stereocenters. The van der Waals surface area contributed by atoms with E-state index in [2.05, 4.69) is 11.9 Å². The van der Waals surface area contributed by atoms with E-state index >= 15 is 0 Å². The molecule has 1 aromatic heterocycles. The molecular weight excluding hydrogens is 228 g/mol. The van der Waals surface area contributed by atoms with Crippen LogP contribution in [0.15, 0.2) is 43.1 Å². The number of aldehydes is 1. The molecule has 0 radical (unpaired) electrons. The van der Waals surface area contributed by atoms with Gasteiger partial charge in [-0.25, -0.2) is 0 Å². The Bertz CT molecular complexity index is 599. The second-order valence-electron chi connectivity index (χ2n) is 3.93. The van der Waals surface area contributed by atoms with Gasteiger partial charge in [-0.3, -0.25) is 9.59 Å². The number of aromatic nitrogens is 1. The van der Waals surface area contributed by atoms with Gasteiger partial charge in [-0.15, -0.1) is 6.58 Å². The van der Waals surface area contributed by atoms with Gasteiger partial charge in [0.1, 0.15) is 6.54 Å². The summed E-state index contributed by atoms with van der Waals surface area (Å²) in [7, 11) is 0. The number of carbonyl (C=O) groups excluding carboxylic acids is 2. The van der Waals surface area contributed by atoms with Crippen molar-refractivity contribution in [1.29, 1.82) is 0 Å². The molecule has 0 saturated carbocycles. The van der Waals surface area contributed by atoms with Crippen molar-refractivity contribution in [3.63, 3.8) is 0 Å². The van der Waals surface area contributed by atoms with Crippen molar-refractivity contribution >= 4 is 23.1 Å². The van der Waals surface area contributed by atoms with Crippen LogP contribution in [0, 0.1) is 0 Å². The highest BCUT2D eigenvalue weighted by molar-refractivity contribution is 5.97. The van der Waals surface area contributed by atoms with Crippen LogP contribution in [-0.2, 0) is 11.3 Å². The maximum absolute atomic E-state index is 11.6. The zero-order valence-electron chi connectivity index (χ0n) is 9.93. The van der Waals surface area contributed by atoms with Gasteiger partial charge >= 0.3 is 0 Å². The zero-order valence-corrected chi connectivity index (χ0v) is 9.93. The Labute approximate surface area is 105 Å².